The number of thiazole rings is 2. The van der Waals surface area contributed by atoms with E-state index in [2.05, 4.69) is 109 Å². The summed E-state index contributed by atoms with van der Waals surface area (Å²) >= 11 is 3.22. The highest BCUT2D eigenvalue weighted by molar-refractivity contribution is 7.09. The third kappa shape index (κ3) is 24.4. The third-order valence-corrected chi connectivity index (χ3v) is 21.8. The number of hydrogen-bond donors (Lipinski definition) is 7. The Labute approximate surface area is 610 Å². The Morgan fingerprint density at radius 2 is 0.863 bits per heavy atom. The molecule has 12 atom stereocenters. The fourth-order valence-corrected chi connectivity index (χ4v) is 15.6. The lowest BCUT2D eigenvalue weighted by molar-refractivity contribution is -0.135. The van der Waals surface area contributed by atoms with E-state index in [0.29, 0.717) is 80.7 Å². The average molecular weight is 1450 g/mol. The predicted molar refractivity (Wildman–Crippen MR) is 392 cm³/mol. The lowest BCUT2D eigenvalue weighted by atomic mass is 9.98. The number of rotatable bonds is 18. The topological polar surface area (TPSA) is 327 Å². The van der Waals surface area contributed by atoms with Crippen molar-refractivity contribution in [2.45, 2.75) is 194 Å². The summed E-state index contributed by atoms with van der Waals surface area (Å²) < 4.78 is 15.4. The first-order valence-corrected chi connectivity index (χ1v) is 38.2. The molecule has 6 saturated heterocycles. The minimum Gasteiger partial charge on any atom is -0.447 e. The molecule has 12 unspecified atom stereocenters. The maximum atomic E-state index is 12.4. The molecule has 12 heterocycles. The van der Waals surface area contributed by atoms with Crippen LogP contribution in [0.15, 0.2) is 86.3 Å². The van der Waals surface area contributed by atoms with Crippen LogP contribution in [0.25, 0.3) is 0 Å². The Balaban J connectivity index is 0.000000172. The molecule has 564 valence electrons. The molecule has 0 aliphatic carbocycles. The Morgan fingerprint density at radius 1 is 0.441 bits per heavy atom. The maximum absolute atomic E-state index is 12.4. The molecule has 6 aromatic heterocycles. The number of oxazole rings is 2. The summed E-state index contributed by atoms with van der Waals surface area (Å²) in [7, 11) is 11.1. The number of likely N-dealkylation sites (N-methyl/N-ethyl adjacent to an activating group) is 6. The van der Waals surface area contributed by atoms with Crippen LogP contribution in [0.4, 0.5) is 0 Å². The van der Waals surface area contributed by atoms with Crippen LogP contribution in [0.5, 0.6) is 0 Å². The zero-order valence-electron chi connectivity index (χ0n) is 62.2. The Hall–Kier alpha value is -7.32. The Morgan fingerprint density at radius 3 is 1.21 bits per heavy atom. The molecular formula is C72H115N19O9S2. The van der Waals surface area contributed by atoms with Gasteiger partial charge in [-0.2, -0.15) is 0 Å². The summed E-state index contributed by atoms with van der Waals surface area (Å²) in [6, 6.07) is 1.40. The summed E-state index contributed by atoms with van der Waals surface area (Å²) in [6.45, 7) is 21.1. The van der Waals surface area contributed by atoms with Gasteiger partial charge in [0.25, 0.3) is 0 Å². The first kappa shape index (κ1) is 82.0. The number of carbonyl (C=O) groups excluding carboxylic acids is 6. The van der Waals surface area contributed by atoms with Crippen LogP contribution in [0, 0.1) is 35.5 Å². The van der Waals surface area contributed by atoms with Crippen molar-refractivity contribution >= 4 is 58.1 Å². The van der Waals surface area contributed by atoms with Gasteiger partial charge in [-0.05, 0) is 155 Å². The maximum Gasteiger partial charge on any atom is 0.240 e. The minimum absolute atomic E-state index is 0.0366. The van der Waals surface area contributed by atoms with Crippen LogP contribution in [-0.2, 0) is 68.0 Å². The molecule has 7 N–H and O–H groups in total. The second-order valence-electron chi connectivity index (χ2n) is 27.7. The number of likely N-dealkylation sites (tertiary alicyclic amines) is 6. The largest absolute Gasteiger partial charge is 0.447 e. The van der Waals surface area contributed by atoms with E-state index >= 15 is 0 Å². The second-order valence-corrected chi connectivity index (χ2v) is 29.6. The molecule has 28 nitrogen and oxygen atoms in total. The minimum atomic E-state index is -0.0903. The predicted octanol–water partition coefficient (Wildman–Crippen LogP) is 6.80. The van der Waals surface area contributed by atoms with Crippen LogP contribution in [0.1, 0.15) is 152 Å². The highest BCUT2D eigenvalue weighted by atomic mass is 32.1. The lowest BCUT2D eigenvalue weighted by Crippen LogP contribution is -2.46. The lowest BCUT2D eigenvalue weighted by Gasteiger charge is -2.25. The van der Waals surface area contributed by atoms with Gasteiger partial charge in [0.05, 0.1) is 99.6 Å². The fraction of sp³-hybridized carbons (Fsp3) is 0.667. The number of imidazole rings is 1. The number of aromatic nitrogens is 7. The number of nitrogens with zero attached hydrogens (tertiary/aromatic N) is 12. The standard InChI is InChI=1S/C12H20N4O.3C12H19N3O2.2C12H19N3OS/c1-9-4-3-7-16(12(17)11(9)13-2)8-10-14-5-6-15-10;1-9-4-3-7-15(12(16)11(9)13-2)8-10-5-6-14-17-10;1-9-4-3-6-15(12(16)11(9)13-2)8-10-14-5-7-17-10;1-9-4-3-5-15(12(16)11(9)13-2)7-10-6-14-8-17-10;1-9-4-3-6-15(12(16)11(9)13-2)8-10-14-5-7-17-10;1-9-4-3-5-15(12(16)11(9)13-2)7-10-6-14-8-17-10/h5-6,9,11,13H,3-4,7-8H2,1-2H3,(H,14,15);5-6,9,11,13H,3-4,7-8H2,1-2H3;5,7,9,11,13H,3-4,6,8H2,1-2H3;6,8-9,11,13H,3-5,7H2,1-2H3;5,7,9,11,13H,3-4,6,8H2,1-2H3;6,8-9,11,13H,3-5,7H2,1-2H3. The highest BCUT2D eigenvalue weighted by Crippen LogP contribution is 2.26. The third-order valence-electron chi connectivity index (χ3n) is 20.3. The molecule has 6 aromatic rings. The van der Waals surface area contributed by atoms with E-state index in [1.54, 1.807) is 65.9 Å². The molecule has 0 bridgehead atoms. The van der Waals surface area contributed by atoms with Crippen LogP contribution < -0.4 is 31.9 Å². The van der Waals surface area contributed by atoms with Crippen molar-refractivity contribution in [2.75, 3.05) is 81.6 Å². The van der Waals surface area contributed by atoms with Gasteiger partial charge in [0, 0.05) is 80.4 Å². The van der Waals surface area contributed by atoms with E-state index in [-0.39, 0.29) is 71.7 Å². The summed E-state index contributed by atoms with van der Waals surface area (Å²) in [6.07, 6.45) is 27.8. The van der Waals surface area contributed by atoms with Gasteiger partial charge in [-0.15, -0.1) is 22.7 Å². The van der Waals surface area contributed by atoms with E-state index in [0.717, 1.165) is 144 Å². The summed E-state index contributed by atoms with van der Waals surface area (Å²) in [5.74, 6) is 6.39. The van der Waals surface area contributed by atoms with Crippen LogP contribution in [0.2, 0.25) is 0 Å². The smallest absolute Gasteiger partial charge is 0.240 e. The van der Waals surface area contributed by atoms with E-state index in [4.69, 9.17) is 13.4 Å². The molecule has 30 heteroatoms. The summed E-state index contributed by atoms with van der Waals surface area (Å²) in [5.41, 5.74) is 1.82. The molecular weight excluding hydrogens is 1340 g/mol. The zero-order chi connectivity index (χ0) is 73.5. The number of amides is 6. The van der Waals surface area contributed by atoms with E-state index in [1.165, 1.54) is 12.7 Å². The van der Waals surface area contributed by atoms with Crippen molar-refractivity contribution in [1.29, 1.82) is 0 Å². The van der Waals surface area contributed by atoms with Crippen molar-refractivity contribution in [3.63, 3.8) is 0 Å². The molecule has 6 fully saturated rings. The molecule has 0 spiro atoms. The van der Waals surface area contributed by atoms with Gasteiger partial charge in [-0.3, -0.25) is 33.8 Å². The number of aromatic amines is 1. The Kier molecular flexibility index (Phi) is 34.6. The van der Waals surface area contributed by atoms with Crippen molar-refractivity contribution in [3.05, 3.63) is 106 Å². The van der Waals surface area contributed by atoms with Crippen LogP contribution >= 0.6 is 22.7 Å². The van der Waals surface area contributed by atoms with Crippen molar-refractivity contribution in [3.8, 4) is 0 Å². The number of carbonyl (C=O) groups is 6. The molecule has 6 amide bonds. The van der Waals surface area contributed by atoms with Crippen LogP contribution in [-0.4, -0.2) is 218 Å². The van der Waals surface area contributed by atoms with Gasteiger partial charge in [-0.1, -0.05) is 46.7 Å². The fourth-order valence-electron chi connectivity index (χ4n) is 14.4. The monoisotopic (exact) mass is 1450 g/mol. The molecule has 102 heavy (non-hydrogen) atoms. The second kappa shape index (κ2) is 43.1. The van der Waals surface area contributed by atoms with Gasteiger partial charge in [-0.25, -0.2) is 19.9 Å². The number of nitrogens with one attached hydrogen (secondary N) is 7. The molecule has 0 saturated carbocycles. The first-order chi connectivity index (χ1) is 49.3. The molecule has 0 aromatic carbocycles. The van der Waals surface area contributed by atoms with Gasteiger partial charge in [0.15, 0.2) is 12.2 Å². The first-order valence-electron chi connectivity index (χ1n) is 36.5. The van der Waals surface area contributed by atoms with Gasteiger partial charge in [0.1, 0.15) is 22.9 Å². The molecule has 0 radical (unpaired) electrons. The highest BCUT2D eigenvalue weighted by Gasteiger charge is 2.37. The van der Waals surface area contributed by atoms with Gasteiger partial charge < -0.3 is 79.6 Å². The SMILES string of the molecule is CNC1C(=O)N(Cc2ccno2)CCCC1C.CNC1C(=O)N(Cc2cnco2)CCCC1C.CNC1C(=O)N(Cc2cncs2)CCCC1C.CNC1C(=O)N(Cc2ncc[nH]2)CCCC1C.CNC1C(=O)N(Cc2ncco2)CCCC1C.CNC1C(=O)N(Cc2nccs2)CCCC1C. The number of H-pyrrole nitrogens is 1. The van der Waals surface area contributed by atoms with Crippen molar-refractivity contribution < 1.29 is 42.1 Å². The zero-order valence-corrected chi connectivity index (χ0v) is 63.8. The summed E-state index contributed by atoms with van der Waals surface area (Å²) in [4.78, 5) is 110. The molecule has 12 rings (SSSR count). The van der Waals surface area contributed by atoms with E-state index < -0.39 is 0 Å². The molecule has 6 aliphatic rings. The van der Waals surface area contributed by atoms with Crippen molar-refractivity contribution in [1.82, 2.24) is 96.4 Å². The normalized spacial score (nSPS) is 26.0. The molecule has 6 aliphatic heterocycles. The number of hydrogen-bond acceptors (Lipinski definition) is 23. The summed E-state index contributed by atoms with van der Waals surface area (Å²) in [5, 5.41) is 25.4. The van der Waals surface area contributed by atoms with Gasteiger partial charge in [0.2, 0.25) is 41.3 Å². The quantitative estimate of drug-likeness (QED) is 0.0465. The Bertz CT molecular complexity index is 2750. The van der Waals surface area contributed by atoms with Crippen LogP contribution in [0.3, 0.4) is 0 Å². The van der Waals surface area contributed by atoms with Gasteiger partial charge >= 0.3 is 0 Å². The average Bonchev–Trinajstić information content (AvgIpc) is 1.71. The van der Waals surface area contributed by atoms with E-state index in [1.807, 2.05) is 88.8 Å². The van der Waals surface area contributed by atoms with E-state index in [9.17, 15) is 28.8 Å². The van der Waals surface area contributed by atoms with Crippen molar-refractivity contribution in [2.24, 2.45) is 35.5 Å².